The molecule has 2 aromatic rings. The van der Waals surface area contributed by atoms with Crippen LogP contribution in [0.2, 0.25) is 0 Å². The second-order valence-corrected chi connectivity index (χ2v) is 8.11. The quantitative estimate of drug-likeness (QED) is 0.764. The Labute approximate surface area is 159 Å². The molecular weight excluding hydrogens is 342 g/mol. The summed E-state index contributed by atoms with van der Waals surface area (Å²) in [5.74, 6) is 0. The highest BCUT2D eigenvalue weighted by molar-refractivity contribution is 7.11. The number of nitriles is 1. The first-order chi connectivity index (χ1) is 12.8. The van der Waals surface area contributed by atoms with E-state index in [0.29, 0.717) is 12.6 Å². The fraction of sp³-hybridized carbons (Fsp3) is 0.476. The van der Waals surface area contributed by atoms with Gasteiger partial charge in [-0.15, -0.1) is 11.3 Å². The summed E-state index contributed by atoms with van der Waals surface area (Å²) in [4.78, 5) is 9.50. The van der Waals surface area contributed by atoms with Gasteiger partial charge in [0, 0.05) is 24.7 Å². The van der Waals surface area contributed by atoms with E-state index in [-0.39, 0.29) is 0 Å². The normalized spacial score (nSPS) is 21.3. The van der Waals surface area contributed by atoms with E-state index in [1.54, 1.807) is 0 Å². The third kappa shape index (κ3) is 3.99. The molecule has 2 aliphatic rings. The monoisotopic (exact) mass is 367 g/mol. The number of hydrogen-bond donors (Lipinski definition) is 0. The summed E-state index contributed by atoms with van der Waals surface area (Å²) in [7, 11) is 0. The predicted molar refractivity (Wildman–Crippen MR) is 105 cm³/mol. The molecule has 0 amide bonds. The fourth-order valence-electron chi connectivity index (χ4n) is 3.99. The third-order valence-corrected chi connectivity index (χ3v) is 6.24. The zero-order valence-corrected chi connectivity index (χ0v) is 15.9. The van der Waals surface area contributed by atoms with Crippen molar-refractivity contribution in [2.24, 2.45) is 0 Å². The second-order valence-electron chi connectivity index (χ2n) is 7.19. The topological polar surface area (TPSA) is 39.5 Å². The highest BCUT2D eigenvalue weighted by Gasteiger charge is 2.28. The summed E-state index contributed by atoms with van der Waals surface area (Å²) < 4.78 is 0. The van der Waals surface area contributed by atoms with Crippen molar-refractivity contribution in [1.29, 1.82) is 5.26 Å². The zero-order valence-electron chi connectivity index (χ0n) is 15.1. The van der Waals surface area contributed by atoms with Crippen LogP contribution in [0.5, 0.6) is 0 Å². The van der Waals surface area contributed by atoms with Gasteiger partial charge in [-0.1, -0.05) is 24.3 Å². The molecule has 0 saturated carbocycles. The van der Waals surface area contributed by atoms with Crippen LogP contribution in [0.25, 0.3) is 11.1 Å². The largest absolute Gasteiger partial charge is 0.302 e. The Kier molecular flexibility index (Phi) is 5.66. The van der Waals surface area contributed by atoms with Crippen molar-refractivity contribution in [3.05, 3.63) is 46.2 Å². The number of rotatable bonds is 6. The van der Waals surface area contributed by atoms with Crippen molar-refractivity contribution in [2.45, 2.75) is 38.3 Å². The lowest BCUT2D eigenvalue weighted by Crippen LogP contribution is -2.39. The molecule has 1 unspecified atom stereocenters. The van der Waals surface area contributed by atoms with Gasteiger partial charge in [0.05, 0.1) is 6.61 Å². The maximum Gasteiger partial charge on any atom is 0.112 e. The van der Waals surface area contributed by atoms with Crippen molar-refractivity contribution in [3.8, 4) is 17.2 Å². The lowest BCUT2D eigenvalue weighted by molar-refractivity contribution is -0.181. The molecule has 1 aromatic heterocycles. The Balaban J connectivity index is 1.33. The molecule has 26 heavy (non-hydrogen) atoms. The van der Waals surface area contributed by atoms with Crippen molar-refractivity contribution < 1.29 is 4.84 Å². The molecule has 5 heteroatoms. The molecule has 4 rings (SSSR count). The Bertz CT molecular complexity index is 758. The zero-order chi connectivity index (χ0) is 17.8. The Morgan fingerprint density at radius 3 is 2.65 bits per heavy atom. The Morgan fingerprint density at radius 2 is 1.88 bits per heavy atom. The van der Waals surface area contributed by atoms with Crippen LogP contribution >= 0.6 is 11.3 Å². The Hall–Kier alpha value is -1.71. The number of likely N-dealkylation sites (tertiary alicyclic amines) is 1. The van der Waals surface area contributed by atoms with Crippen LogP contribution in [0.15, 0.2) is 35.7 Å². The van der Waals surface area contributed by atoms with Crippen LogP contribution in [-0.4, -0.2) is 42.2 Å². The van der Waals surface area contributed by atoms with Crippen molar-refractivity contribution in [3.63, 3.8) is 0 Å². The summed E-state index contributed by atoms with van der Waals surface area (Å²) in [5.41, 5.74) is 3.30. The van der Waals surface area contributed by atoms with Crippen LogP contribution < -0.4 is 0 Å². The van der Waals surface area contributed by atoms with Gasteiger partial charge in [-0.2, -0.15) is 10.3 Å². The van der Waals surface area contributed by atoms with E-state index in [9.17, 15) is 5.26 Å². The molecule has 0 aliphatic carbocycles. The summed E-state index contributed by atoms with van der Waals surface area (Å²) in [5, 5.41) is 13.4. The predicted octanol–water partition coefficient (Wildman–Crippen LogP) is 4.28. The van der Waals surface area contributed by atoms with Gasteiger partial charge in [0.1, 0.15) is 10.9 Å². The highest BCUT2D eigenvalue weighted by atomic mass is 32.1. The van der Waals surface area contributed by atoms with Gasteiger partial charge >= 0.3 is 0 Å². The van der Waals surface area contributed by atoms with Gasteiger partial charge in [-0.25, -0.2) is 0 Å². The van der Waals surface area contributed by atoms with Crippen LogP contribution in [0, 0.1) is 11.3 Å². The first kappa shape index (κ1) is 17.7. The number of thiophene rings is 1. The molecular formula is C21H25N3OS. The molecule has 2 saturated heterocycles. The van der Waals surface area contributed by atoms with E-state index in [2.05, 4.69) is 40.3 Å². The summed E-state index contributed by atoms with van der Waals surface area (Å²) in [6.07, 6.45) is 5.16. The van der Waals surface area contributed by atoms with Gasteiger partial charge in [0.25, 0.3) is 0 Å². The molecule has 0 radical (unpaired) electrons. The summed E-state index contributed by atoms with van der Waals surface area (Å²) >= 11 is 1.49. The first-order valence-corrected chi connectivity index (χ1v) is 10.4. The summed E-state index contributed by atoms with van der Waals surface area (Å²) in [6, 6.07) is 13.2. The molecule has 0 spiro atoms. The molecule has 136 valence electrons. The van der Waals surface area contributed by atoms with Gasteiger partial charge < -0.3 is 4.90 Å². The van der Waals surface area contributed by atoms with E-state index < -0.39 is 0 Å². The molecule has 0 N–H and O–H groups in total. The van der Waals surface area contributed by atoms with Crippen LogP contribution in [0.1, 0.15) is 36.1 Å². The third-order valence-electron chi connectivity index (χ3n) is 5.42. The molecule has 4 nitrogen and oxygen atoms in total. The van der Waals surface area contributed by atoms with Crippen LogP contribution in [-0.2, 0) is 11.4 Å². The lowest BCUT2D eigenvalue weighted by atomic mass is 10.1. The van der Waals surface area contributed by atoms with E-state index in [1.807, 2.05) is 11.4 Å². The van der Waals surface area contributed by atoms with Gasteiger partial charge in [0.15, 0.2) is 0 Å². The maximum absolute atomic E-state index is 9.19. The van der Waals surface area contributed by atoms with E-state index in [1.165, 1.54) is 55.7 Å². The molecule has 0 bridgehead atoms. The van der Waals surface area contributed by atoms with Gasteiger partial charge in [0.2, 0.25) is 0 Å². The van der Waals surface area contributed by atoms with E-state index in [0.717, 1.165) is 29.1 Å². The van der Waals surface area contributed by atoms with Gasteiger partial charge in [-0.05, 0) is 61.3 Å². The minimum atomic E-state index is 0.538. The lowest BCUT2D eigenvalue weighted by Gasteiger charge is -2.27. The average molecular weight is 368 g/mol. The molecule has 1 aromatic carbocycles. The van der Waals surface area contributed by atoms with Gasteiger partial charge in [-0.3, -0.25) is 4.84 Å². The average Bonchev–Trinajstić information content (AvgIpc) is 3.43. The van der Waals surface area contributed by atoms with Crippen LogP contribution in [0.3, 0.4) is 0 Å². The maximum atomic E-state index is 9.19. The number of hydroxylamine groups is 2. The second kappa shape index (κ2) is 8.32. The standard InChI is InChI=1S/C21H25N3OS/c22-14-21-20(9-13-26-21)18-7-5-17(6-8-18)16-25-24-12-3-4-19(24)15-23-10-1-2-11-23/h5-9,13,19H,1-4,10-12,15-16H2. The molecule has 2 aliphatic heterocycles. The minimum absolute atomic E-state index is 0.538. The SMILES string of the molecule is N#Cc1sccc1-c1ccc(CON2CCCC2CN2CCCC2)cc1. The number of nitrogens with zero attached hydrogens (tertiary/aromatic N) is 3. The Morgan fingerprint density at radius 1 is 1.08 bits per heavy atom. The van der Waals surface area contributed by atoms with Crippen LogP contribution in [0.4, 0.5) is 0 Å². The van der Waals surface area contributed by atoms with E-state index in [4.69, 9.17) is 4.84 Å². The number of benzene rings is 1. The minimum Gasteiger partial charge on any atom is -0.302 e. The molecule has 2 fully saturated rings. The van der Waals surface area contributed by atoms with Crippen molar-refractivity contribution in [1.82, 2.24) is 9.96 Å². The number of hydrogen-bond acceptors (Lipinski definition) is 5. The molecule has 3 heterocycles. The van der Waals surface area contributed by atoms with Crippen molar-refractivity contribution >= 4 is 11.3 Å². The first-order valence-electron chi connectivity index (χ1n) is 9.52. The fourth-order valence-corrected chi connectivity index (χ4v) is 4.69. The smallest absolute Gasteiger partial charge is 0.112 e. The summed E-state index contributed by atoms with van der Waals surface area (Å²) in [6.45, 7) is 5.30. The highest BCUT2D eigenvalue weighted by Crippen LogP contribution is 2.28. The van der Waals surface area contributed by atoms with E-state index >= 15 is 0 Å². The van der Waals surface area contributed by atoms with Crippen molar-refractivity contribution in [2.75, 3.05) is 26.2 Å². The molecule has 1 atom stereocenters.